The number of hydrogen-bond donors (Lipinski definition) is 1. The van der Waals surface area contributed by atoms with Gasteiger partial charge in [0.25, 0.3) is 0 Å². The number of nitrogens with zero attached hydrogens (tertiary/aromatic N) is 1. The summed E-state index contributed by atoms with van der Waals surface area (Å²) in [4.78, 5) is 17.7. The lowest BCUT2D eigenvalue weighted by Crippen LogP contribution is -2.44. The van der Waals surface area contributed by atoms with Crippen LogP contribution in [-0.4, -0.2) is 31.0 Å². The molecule has 0 saturated carbocycles. The van der Waals surface area contributed by atoms with Gasteiger partial charge in [0.05, 0.1) is 18.3 Å². The van der Waals surface area contributed by atoms with Crippen molar-refractivity contribution in [3.63, 3.8) is 0 Å². The molecule has 4 rings (SSSR count). The zero-order chi connectivity index (χ0) is 30.3. The maximum Gasteiger partial charge on any atom is 0.338 e. The highest BCUT2D eigenvalue weighted by Gasteiger charge is 2.45. The van der Waals surface area contributed by atoms with E-state index in [0.717, 1.165) is 60.2 Å². The van der Waals surface area contributed by atoms with Crippen LogP contribution in [0, 0.1) is 5.41 Å². The van der Waals surface area contributed by atoms with E-state index in [4.69, 9.17) is 14.1 Å². The molecule has 0 saturated heterocycles. The minimum Gasteiger partial charge on any atom is -0.462 e. The zero-order valence-electron chi connectivity index (χ0n) is 27.0. The summed E-state index contributed by atoms with van der Waals surface area (Å²) in [5, 5.41) is 12.2. The molecule has 6 heteroatoms. The molecule has 0 amide bonds. The van der Waals surface area contributed by atoms with Crippen LogP contribution < -0.4 is 0 Å². The molecule has 2 atom stereocenters. The largest absolute Gasteiger partial charge is 0.462 e. The first-order valence-corrected chi connectivity index (χ1v) is 18.4. The molecule has 2 aliphatic carbocycles. The molecular formula is C35H51NO4Si. The first kappa shape index (κ1) is 31.6. The maximum atomic E-state index is 12.3. The molecule has 0 fully saturated rings. The SMILES string of the molecule is CCOC(=O)c1ccc([C@@H](O)c2c(C(C)C)nc3c(c2C2=CCCC2)C(O[Si](C)(C)C(C)(C)C)CC(C)(C)C3)cc1. The van der Waals surface area contributed by atoms with Crippen LogP contribution in [0.2, 0.25) is 18.1 Å². The Labute approximate surface area is 248 Å². The van der Waals surface area contributed by atoms with Gasteiger partial charge in [0, 0.05) is 22.5 Å². The van der Waals surface area contributed by atoms with Gasteiger partial charge in [0.15, 0.2) is 8.32 Å². The van der Waals surface area contributed by atoms with Crippen molar-refractivity contribution >= 4 is 19.9 Å². The second-order valence-corrected chi connectivity index (χ2v) is 19.3. The van der Waals surface area contributed by atoms with Crippen molar-refractivity contribution in [2.45, 2.75) is 124 Å². The number of carbonyl (C=O) groups is 1. The molecule has 41 heavy (non-hydrogen) atoms. The number of pyridine rings is 1. The zero-order valence-corrected chi connectivity index (χ0v) is 28.0. The Morgan fingerprint density at radius 3 is 2.37 bits per heavy atom. The number of carbonyl (C=O) groups excluding carboxylic acids is 1. The van der Waals surface area contributed by atoms with Crippen LogP contribution in [0.4, 0.5) is 0 Å². The summed E-state index contributed by atoms with van der Waals surface area (Å²) in [6, 6.07) is 7.19. The average molecular weight is 578 g/mol. The maximum absolute atomic E-state index is 12.3. The van der Waals surface area contributed by atoms with E-state index in [9.17, 15) is 9.90 Å². The molecule has 5 nitrogen and oxygen atoms in total. The van der Waals surface area contributed by atoms with Gasteiger partial charge >= 0.3 is 5.97 Å². The molecule has 2 aromatic rings. The minimum atomic E-state index is -2.11. The van der Waals surface area contributed by atoms with Crippen LogP contribution in [-0.2, 0) is 15.6 Å². The highest BCUT2D eigenvalue weighted by Crippen LogP contribution is 2.52. The second-order valence-electron chi connectivity index (χ2n) is 14.6. The van der Waals surface area contributed by atoms with Crippen molar-refractivity contribution in [1.82, 2.24) is 4.98 Å². The number of rotatable bonds is 8. The fourth-order valence-electron chi connectivity index (χ4n) is 6.07. The fourth-order valence-corrected chi connectivity index (χ4v) is 7.34. The molecule has 2 aliphatic rings. The van der Waals surface area contributed by atoms with Gasteiger partial charge in [0.2, 0.25) is 0 Å². The van der Waals surface area contributed by atoms with Crippen LogP contribution in [0.3, 0.4) is 0 Å². The molecule has 0 spiro atoms. The van der Waals surface area contributed by atoms with Crippen molar-refractivity contribution in [3.05, 3.63) is 69.5 Å². The Morgan fingerprint density at radius 2 is 1.83 bits per heavy atom. The molecule has 1 aromatic carbocycles. The normalized spacial score (nSPS) is 19.6. The number of ether oxygens (including phenoxy) is 1. The van der Waals surface area contributed by atoms with Crippen molar-refractivity contribution in [2.75, 3.05) is 6.61 Å². The third-order valence-corrected chi connectivity index (χ3v) is 13.7. The molecule has 0 bridgehead atoms. The molecule has 224 valence electrons. The molecular weight excluding hydrogens is 526 g/mol. The van der Waals surface area contributed by atoms with E-state index < -0.39 is 14.4 Å². The highest BCUT2D eigenvalue weighted by molar-refractivity contribution is 6.74. The summed E-state index contributed by atoms with van der Waals surface area (Å²) >= 11 is 0. The molecule has 1 unspecified atom stereocenters. The Hall–Kier alpha value is -2.28. The number of esters is 1. The molecule has 0 aliphatic heterocycles. The number of aliphatic hydroxyl groups excluding tert-OH is 1. The van der Waals surface area contributed by atoms with E-state index in [1.54, 1.807) is 19.1 Å². The van der Waals surface area contributed by atoms with E-state index in [1.165, 1.54) is 11.1 Å². The van der Waals surface area contributed by atoms with Crippen LogP contribution in [0.25, 0.3) is 5.57 Å². The third kappa shape index (κ3) is 6.55. The van der Waals surface area contributed by atoms with Crippen molar-refractivity contribution in [2.24, 2.45) is 5.41 Å². The first-order chi connectivity index (χ1) is 19.1. The van der Waals surface area contributed by atoms with Crippen LogP contribution in [0.5, 0.6) is 0 Å². The van der Waals surface area contributed by atoms with E-state index in [0.29, 0.717) is 12.2 Å². The van der Waals surface area contributed by atoms with Gasteiger partial charge in [-0.15, -0.1) is 0 Å². The number of benzene rings is 1. The Kier molecular flexibility index (Phi) is 9.09. The summed E-state index contributed by atoms with van der Waals surface area (Å²) < 4.78 is 12.4. The predicted molar refractivity (Wildman–Crippen MR) is 170 cm³/mol. The van der Waals surface area contributed by atoms with E-state index in [2.05, 4.69) is 67.6 Å². The summed E-state index contributed by atoms with van der Waals surface area (Å²) in [7, 11) is -2.11. The standard InChI is InChI=1S/C35H51NO4Si/c1-11-39-33(38)25-18-16-24(17-19-25)32(37)30-28(23-14-12-13-15-23)29-26(36-31(30)22(2)3)20-35(7,8)21-27(29)40-41(9,10)34(4,5)6/h14,16-19,22,27,32,37H,11-13,15,20-21H2,1-10H3/t27?,32-/m1/s1. The first-order valence-electron chi connectivity index (χ1n) is 15.4. The average Bonchev–Trinajstić information content (AvgIpc) is 3.40. The number of aliphatic hydroxyl groups is 1. The van der Waals surface area contributed by atoms with E-state index >= 15 is 0 Å². The third-order valence-electron chi connectivity index (χ3n) is 9.25. The summed E-state index contributed by atoms with van der Waals surface area (Å²) in [5.41, 5.74) is 7.96. The number of aromatic nitrogens is 1. The highest BCUT2D eigenvalue weighted by atomic mass is 28.4. The molecule has 1 N–H and O–H groups in total. The van der Waals surface area contributed by atoms with Gasteiger partial charge in [-0.1, -0.05) is 66.7 Å². The van der Waals surface area contributed by atoms with E-state index in [1.807, 2.05) is 12.1 Å². The summed E-state index contributed by atoms with van der Waals surface area (Å²) in [6.45, 7) is 22.7. The van der Waals surface area contributed by atoms with Gasteiger partial charge < -0.3 is 14.3 Å². The predicted octanol–water partition coefficient (Wildman–Crippen LogP) is 9.07. The van der Waals surface area contributed by atoms with Crippen LogP contribution >= 0.6 is 0 Å². The topological polar surface area (TPSA) is 68.7 Å². The summed E-state index contributed by atoms with van der Waals surface area (Å²) in [6.07, 6.45) is 6.40. The number of hydrogen-bond acceptors (Lipinski definition) is 5. The van der Waals surface area contributed by atoms with Gasteiger partial charge in [-0.05, 0) is 97.3 Å². The van der Waals surface area contributed by atoms with E-state index in [-0.39, 0.29) is 28.4 Å². The molecule has 1 heterocycles. The fraction of sp³-hybridized carbons (Fsp3) is 0.600. The van der Waals surface area contributed by atoms with Gasteiger partial charge in [0.1, 0.15) is 6.10 Å². The Bertz CT molecular complexity index is 1300. The van der Waals surface area contributed by atoms with Gasteiger partial charge in [-0.2, -0.15) is 0 Å². The quantitative estimate of drug-likeness (QED) is 0.250. The van der Waals surface area contributed by atoms with Crippen molar-refractivity contribution < 1.29 is 19.1 Å². The molecule has 1 aromatic heterocycles. The van der Waals surface area contributed by atoms with Gasteiger partial charge in [-0.25, -0.2) is 4.79 Å². The van der Waals surface area contributed by atoms with Crippen LogP contribution in [0.1, 0.15) is 143 Å². The summed E-state index contributed by atoms with van der Waals surface area (Å²) in [5.74, 6) is -0.216. The number of allylic oxidation sites excluding steroid dienone is 2. The van der Waals surface area contributed by atoms with Crippen molar-refractivity contribution in [3.8, 4) is 0 Å². The lowest BCUT2D eigenvalue weighted by Gasteiger charge is -2.45. The van der Waals surface area contributed by atoms with Crippen molar-refractivity contribution in [1.29, 1.82) is 0 Å². The second kappa shape index (κ2) is 11.8. The Morgan fingerprint density at radius 1 is 1.17 bits per heavy atom. The van der Waals surface area contributed by atoms with Crippen LogP contribution in [0.15, 0.2) is 30.3 Å². The lowest BCUT2D eigenvalue weighted by atomic mass is 9.71. The Balaban J connectivity index is 1.95. The van der Waals surface area contributed by atoms with Gasteiger partial charge in [-0.3, -0.25) is 4.98 Å². The minimum absolute atomic E-state index is 0.0612. The smallest absolute Gasteiger partial charge is 0.338 e. The number of fused-ring (bicyclic) bond motifs is 1. The monoisotopic (exact) mass is 577 g/mol. The lowest BCUT2D eigenvalue weighted by molar-refractivity contribution is 0.0526. The molecule has 0 radical (unpaired) electrons.